The second kappa shape index (κ2) is 5.48. The van der Waals surface area contributed by atoms with Crippen LogP contribution in [-0.4, -0.2) is 35.4 Å². The molecule has 0 aromatic rings. The van der Waals surface area contributed by atoms with Crippen molar-refractivity contribution in [2.45, 2.75) is 77.9 Å². The lowest BCUT2D eigenvalue weighted by Gasteiger charge is -2.47. The van der Waals surface area contributed by atoms with E-state index in [9.17, 15) is 5.11 Å². The third-order valence-electron chi connectivity index (χ3n) is 4.24. The molecule has 1 heterocycles. The maximum atomic E-state index is 9.47. The normalized spacial score (nSPS) is 26.8. The zero-order valence-electron chi connectivity index (χ0n) is 13.1. The third kappa shape index (κ3) is 4.52. The Morgan fingerprint density at radius 2 is 1.72 bits per heavy atom. The van der Waals surface area contributed by atoms with Crippen LogP contribution < -0.4 is 10.6 Å². The Hall–Kier alpha value is -0.120. The molecule has 0 saturated carbocycles. The summed E-state index contributed by atoms with van der Waals surface area (Å²) in [6.45, 7) is 14.5. The molecule has 3 heteroatoms. The van der Waals surface area contributed by atoms with Crippen molar-refractivity contribution in [2.24, 2.45) is 5.41 Å². The van der Waals surface area contributed by atoms with Gasteiger partial charge in [-0.2, -0.15) is 0 Å². The van der Waals surface area contributed by atoms with Crippen molar-refractivity contribution in [2.75, 3.05) is 13.2 Å². The smallest absolute Gasteiger partial charge is 0.0496 e. The van der Waals surface area contributed by atoms with E-state index in [0.29, 0.717) is 6.04 Å². The first-order valence-electron chi connectivity index (χ1n) is 7.25. The molecular weight excluding hydrogens is 224 g/mol. The summed E-state index contributed by atoms with van der Waals surface area (Å²) in [7, 11) is 0. The van der Waals surface area contributed by atoms with Gasteiger partial charge in [0.1, 0.15) is 0 Å². The molecule has 0 aromatic carbocycles. The zero-order valence-corrected chi connectivity index (χ0v) is 13.1. The van der Waals surface area contributed by atoms with E-state index in [1.165, 1.54) is 0 Å². The molecule has 3 nitrogen and oxygen atoms in total. The van der Waals surface area contributed by atoms with Gasteiger partial charge in [-0.25, -0.2) is 0 Å². The van der Waals surface area contributed by atoms with Crippen LogP contribution in [0.3, 0.4) is 0 Å². The van der Waals surface area contributed by atoms with E-state index in [2.05, 4.69) is 52.2 Å². The van der Waals surface area contributed by atoms with Crippen LogP contribution in [0.15, 0.2) is 0 Å². The van der Waals surface area contributed by atoms with E-state index < -0.39 is 0 Å². The van der Waals surface area contributed by atoms with Crippen molar-refractivity contribution in [1.29, 1.82) is 0 Å². The minimum Gasteiger partial charge on any atom is -0.396 e. The third-order valence-corrected chi connectivity index (χ3v) is 4.24. The van der Waals surface area contributed by atoms with Crippen LogP contribution in [0.25, 0.3) is 0 Å². The van der Waals surface area contributed by atoms with E-state index in [1.54, 1.807) is 0 Å². The van der Waals surface area contributed by atoms with Crippen LogP contribution >= 0.6 is 0 Å². The molecule has 1 aliphatic rings. The van der Waals surface area contributed by atoms with Gasteiger partial charge in [-0.15, -0.1) is 0 Å². The van der Waals surface area contributed by atoms with E-state index in [0.717, 1.165) is 25.8 Å². The molecule has 0 bridgehead atoms. The SMILES string of the molecule is CCC(C)(CO)CNC1CC(C)(C)NC(C)(C)C1. The molecule has 1 atom stereocenters. The van der Waals surface area contributed by atoms with Gasteiger partial charge in [0, 0.05) is 35.7 Å². The van der Waals surface area contributed by atoms with Crippen molar-refractivity contribution in [3.8, 4) is 0 Å². The van der Waals surface area contributed by atoms with Crippen molar-refractivity contribution in [3.05, 3.63) is 0 Å². The van der Waals surface area contributed by atoms with Crippen molar-refractivity contribution >= 4 is 0 Å². The Labute approximate surface area is 113 Å². The molecule has 18 heavy (non-hydrogen) atoms. The lowest BCUT2D eigenvalue weighted by atomic mass is 9.79. The lowest BCUT2D eigenvalue weighted by Crippen LogP contribution is -2.62. The number of nitrogens with one attached hydrogen (secondary N) is 2. The zero-order chi connectivity index (χ0) is 14.0. The number of rotatable bonds is 5. The summed E-state index contributed by atoms with van der Waals surface area (Å²) in [5.41, 5.74) is 0.377. The fraction of sp³-hybridized carbons (Fsp3) is 1.00. The van der Waals surface area contributed by atoms with Crippen LogP contribution in [-0.2, 0) is 0 Å². The van der Waals surface area contributed by atoms with Crippen LogP contribution in [0.4, 0.5) is 0 Å². The van der Waals surface area contributed by atoms with Crippen LogP contribution in [0.2, 0.25) is 0 Å². The number of hydrogen-bond acceptors (Lipinski definition) is 3. The van der Waals surface area contributed by atoms with Gasteiger partial charge >= 0.3 is 0 Å². The molecule has 1 saturated heterocycles. The molecular formula is C15H32N2O. The average Bonchev–Trinajstić information content (AvgIpc) is 2.22. The molecule has 1 unspecified atom stereocenters. The Morgan fingerprint density at radius 1 is 1.22 bits per heavy atom. The van der Waals surface area contributed by atoms with Gasteiger partial charge in [0.2, 0.25) is 0 Å². The standard InChI is InChI=1S/C15H32N2O/c1-7-15(6,11-18)10-16-12-8-13(2,3)17-14(4,5)9-12/h12,16-18H,7-11H2,1-6H3. The van der Waals surface area contributed by atoms with Crippen molar-refractivity contribution < 1.29 is 5.11 Å². The van der Waals surface area contributed by atoms with Crippen molar-refractivity contribution in [3.63, 3.8) is 0 Å². The number of aliphatic hydroxyl groups excluding tert-OH is 1. The van der Waals surface area contributed by atoms with E-state index in [-0.39, 0.29) is 23.1 Å². The van der Waals surface area contributed by atoms with Crippen LogP contribution in [0, 0.1) is 5.41 Å². The summed E-state index contributed by atoms with van der Waals surface area (Å²) >= 11 is 0. The first kappa shape index (κ1) is 15.9. The summed E-state index contributed by atoms with van der Waals surface area (Å²) in [4.78, 5) is 0. The van der Waals surface area contributed by atoms with Gasteiger partial charge < -0.3 is 15.7 Å². The summed E-state index contributed by atoms with van der Waals surface area (Å²) in [5.74, 6) is 0. The summed E-state index contributed by atoms with van der Waals surface area (Å²) in [5, 5.41) is 16.8. The molecule has 3 N–H and O–H groups in total. The highest BCUT2D eigenvalue weighted by molar-refractivity contribution is 4.99. The van der Waals surface area contributed by atoms with E-state index in [4.69, 9.17) is 0 Å². The second-order valence-electron chi connectivity index (χ2n) is 7.70. The minimum atomic E-state index is 0.0131. The van der Waals surface area contributed by atoms with E-state index >= 15 is 0 Å². The summed E-state index contributed by atoms with van der Waals surface area (Å²) < 4.78 is 0. The molecule has 0 amide bonds. The fourth-order valence-corrected chi connectivity index (χ4v) is 3.15. The highest BCUT2D eigenvalue weighted by Gasteiger charge is 2.38. The molecule has 0 spiro atoms. The molecule has 108 valence electrons. The second-order valence-corrected chi connectivity index (χ2v) is 7.70. The van der Waals surface area contributed by atoms with E-state index in [1.807, 2.05) is 0 Å². The van der Waals surface area contributed by atoms with Gasteiger partial charge in [0.05, 0.1) is 0 Å². The van der Waals surface area contributed by atoms with Crippen LogP contribution in [0.1, 0.15) is 60.8 Å². The van der Waals surface area contributed by atoms with Gasteiger partial charge in [-0.3, -0.25) is 0 Å². The predicted octanol–water partition coefficient (Wildman–Crippen LogP) is 2.29. The predicted molar refractivity (Wildman–Crippen MR) is 77.8 cm³/mol. The lowest BCUT2D eigenvalue weighted by molar-refractivity contribution is 0.107. The molecule has 0 radical (unpaired) electrons. The Kier molecular flexibility index (Phi) is 4.85. The highest BCUT2D eigenvalue weighted by Crippen LogP contribution is 2.29. The highest BCUT2D eigenvalue weighted by atomic mass is 16.3. The molecule has 0 aliphatic carbocycles. The van der Waals surface area contributed by atoms with Gasteiger partial charge in [-0.1, -0.05) is 13.8 Å². The Morgan fingerprint density at radius 3 is 2.11 bits per heavy atom. The summed E-state index contributed by atoms with van der Waals surface area (Å²) in [6.07, 6.45) is 3.29. The summed E-state index contributed by atoms with van der Waals surface area (Å²) in [6, 6.07) is 0.536. The quantitative estimate of drug-likeness (QED) is 0.707. The molecule has 0 aromatic heterocycles. The average molecular weight is 256 g/mol. The number of hydrogen-bond donors (Lipinski definition) is 3. The fourth-order valence-electron chi connectivity index (χ4n) is 3.15. The van der Waals surface area contributed by atoms with Crippen LogP contribution in [0.5, 0.6) is 0 Å². The minimum absolute atomic E-state index is 0.0131. The largest absolute Gasteiger partial charge is 0.396 e. The molecule has 1 aliphatic heterocycles. The number of piperidine rings is 1. The molecule has 1 rings (SSSR count). The topological polar surface area (TPSA) is 44.3 Å². The Bertz CT molecular complexity index is 254. The van der Waals surface area contributed by atoms with Gasteiger partial charge in [-0.05, 0) is 47.0 Å². The molecule has 1 fully saturated rings. The van der Waals surface area contributed by atoms with Crippen molar-refractivity contribution in [1.82, 2.24) is 10.6 Å². The van der Waals surface area contributed by atoms with Gasteiger partial charge in [0.25, 0.3) is 0 Å². The Balaban J connectivity index is 2.57. The maximum absolute atomic E-state index is 9.47. The maximum Gasteiger partial charge on any atom is 0.0496 e. The monoisotopic (exact) mass is 256 g/mol. The first-order valence-corrected chi connectivity index (χ1v) is 7.25. The number of aliphatic hydroxyl groups is 1. The van der Waals surface area contributed by atoms with Gasteiger partial charge in [0.15, 0.2) is 0 Å². The first-order chi connectivity index (χ1) is 8.11.